The number of benzene rings is 2. The number of ether oxygens (including phenoxy) is 1. The van der Waals surface area contributed by atoms with Crippen LogP contribution >= 0.6 is 11.3 Å². The fraction of sp³-hybridized carbons (Fsp3) is 0.238. The van der Waals surface area contributed by atoms with Crippen LogP contribution in [0.2, 0.25) is 0 Å². The lowest BCUT2D eigenvalue weighted by molar-refractivity contribution is -0.118. The SMILES string of the molecule is CCc1nnc2sc(-c3ccc(NC(=O)COc4cc(C)cc(C)c4)cc3)nn12. The van der Waals surface area contributed by atoms with E-state index in [-0.39, 0.29) is 12.5 Å². The summed E-state index contributed by atoms with van der Waals surface area (Å²) in [5.41, 5.74) is 3.88. The van der Waals surface area contributed by atoms with Crippen molar-refractivity contribution in [1.82, 2.24) is 19.8 Å². The number of amides is 1. The van der Waals surface area contributed by atoms with Crippen molar-refractivity contribution in [2.24, 2.45) is 0 Å². The third-order valence-corrected chi connectivity index (χ3v) is 5.30. The first kappa shape index (κ1) is 19.1. The normalized spacial score (nSPS) is 11.0. The molecule has 29 heavy (non-hydrogen) atoms. The molecule has 0 atom stereocenters. The Morgan fingerprint density at radius 3 is 2.52 bits per heavy atom. The van der Waals surface area contributed by atoms with Gasteiger partial charge in [-0.25, -0.2) is 0 Å². The van der Waals surface area contributed by atoms with E-state index in [1.54, 1.807) is 4.52 Å². The maximum atomic E-state index is 12.2. The van der Waals surface area contributed by atoms with Crippen LogP contribution in [0.25, 0.3) is 15.5 Å². The zero-order valence-electron chi connectivity index (χ0n) is 16.5. The third kappa shape index (κ3) is 4.27. The first-order chi connectivity index (χ1) is 14.0. The molecule has 0 bridgehead atoms. The van der Waals surface area contributed by atoms with Crippen LogP contribution in [0.5, 0.6) is 5.75 Å². The van der Waals surface area contributed by atoms with E-state index in [1.807, 2.05) is 57.2 Å². The summed E-state index contributed by atoms with van der Waals surface area (Å²) in [5, 5.41) is 16.6. The van der Waals surface area contributed by atoms with Crippen molar-refractivity contribution in [3.05, 3.63) is 59.4 Å². The Kier molecular flexibility index (Phi) is 5.26. The van der Waals surface area contributed by atoms with Crippen molar-refractivity contribution in [2.45, 2.75) is 27.2 Å². The predicted molar refractivity (Wildman–Crippen MR) is 114 cm³/mol. The molecule has 2 aromatic heterocycles. The van der Waals surface area contributed by atoms with Gasteiger partial charge < -0.3 is 10.1 Å². The van der Waals surface area contributed by atoms with Crippen LogP contribution < -0.4 is 10.1 Å². The molecule has 148 valence electrons. The van der Waals surface area contributed by atoms with Gasteiger partial charge in [0.25, 0.3) is 5.91 Å². The Hall–Kier alpha value is -3.26. The molecule has 0 fully saturated rings. The van der Waals surface area contributed by atoms with Gasteiger partial charge in [-0.15, -0.1) is 10.2 Å². The van der Waals surface area contributed by atoms with Crippen LogP contribution in [0.15, 0.2) is 42.5 Å². The molecule has 0 spiro atoms. The lowest BCUT2D eigenvalue weighted by atomic mass is 10.1. The lowest BCUT2D eigenvalue weighted by Gasteiger charge is -2.09. The second-order valence-electron chi connectivity index (χ2n) is 6.81. The van der Waals surface area contributed by atoms with Gasteiger partial charge in [0.15, 0.2) is 12.4 Å². The maximum Gasteiger partial charge on any atom is 0.262 e. The summed E-state index contributed by atoms with van der Waals surface area (Å²) in [5.74, 6) is 1.33. The van der Waals surface area contributed by atoms with Crippen LogP contribution in [0.1, 0.15) is 23.9 Å². The van der Waals surface area contributed by atoms with Gasteiger partial charge in [-0.2, -0.15) is 9.61 Å². The Morgan fingerprint density at radius 2 is 1.83 bits per heavy atom. The maximum absolute atomic E-state index is 12.2. The van der Waals surface area contributed by atoms with E-state index in [0.717, 1.165) is 38.9 Å². The van der Waals surface area contributed by atoms with Crippen LogP contribution in [-0.2, 0) is 11.2 Å². The Bertz CT molecular complexity index is 1140. The summed E-state index contributed by atoms with van der Waals surface area (Å²) in [6.07, 6.45) is 0.777. The molecule has 1 amide bonds. The van der Waals surface area contributed by atoms with E-state index < -0.39 is 0 Å². The molecule has 4 aromatic rings. The molecule has 0 aliphatic heterocycles. The first-order valence-corrected chi connectivity index (χ1v) is 10.2. The molecule has 0 aliphatic rings. The molecule has 0 radical (unpaired) electrons. The topological polar surface area (TPSA) is 81.4 Å². The van der Waals surface area contributed by atoms with Gasteiger partial charge in [0.05, 0.1) is 0 Å². The zero-order chi connectivity index (χ0) is 20.4. The van der Waals surface area contributed by atoms with Gasteiger partial charge in [0.1, 0.15) is 10.8 Å². The molecule has 2 aromatic carbocycles. The van der Waals surface area contributed by atoms with Crippen LogP contribution in [0.4, 0.5) is 5.69 Å². The number of hydrogen-bond donors (Lipinski definition) is 1. The molecule has 4 rings (SSSR count). The summed E-state index contributed by atoms with van der Waals surface area (Å²) in [6, 6.07) is 13.5. The van der Waals surface area contributed by atoms with Gasteiger partial charge in [-0.05, 0) is 61.4 Å². The second kappa shape index (κ2) is 8.00. The standard InChI is InChI=1S/C21H21N5O2S/c1-4-18-23-24-21-26(18)25-20(29-21)15-5-7-16(8-6-15)22-19(27)12-28-17-10-13(2)9-14(3)11-17/h5-11H,4,12H2,1-3H3,(H,22,27). The van der Waals surface area contributed by atoms with Crippen molar-refractivity contribution >= 4 is 27.9 Å². The number of aromatic nitrogens is 4. The highest BCUT2D eigenvalue weighted by Crippen LogP contribution is 2.26. The van der Waals surface area contributed by atoms with Crippen molar-refractivity contribution in [3.8, 4) is 16.3 Å². The molecule has 7 nitrogen and oxygen atoms in total. The third-order valence-electron chi connectivity index (χ3n) is 4.35. The summed E-state index contributed by atoms with van der Waals surface area (Å²) in [6.45, 7) is 5.99. The lowest BCUT2D eigenvalue weighted by Crippen LogP contribution is -2.20. The van der Waals surface area contributed by atoms with Crippen LogP contribution in [0.3, 0.4) is 0 Å². The first-order valence-electron chi connectivity index (χ1n) is 9.34. The van der Waals surface area contributed by atoms with E-state index in [0.29, 0.717) is 11.4 Å². The van der Waals surface area contributed by atoms with Gasteiger partial charge >= 0.3 is 0 Å². The van der Waals surface area contributed by atoms with Crippen molar-refractivity contribution in [1.29, 1.82) is 0 Å². The molecule has 0 unspecified atom stereocenters. The fourth-order valence-corrected chi connectivity index (χ4v) is 3.92. The number of carbonyl (C=O) groups is 1. The molecule has 8 heteroatoms. The summed E-state index contributed by atoms with van der Waals surface area (Å²) >= 11 is 1.49. The molecular formula is C21H21N5O2S. The molecule has 0 saturated heterocycles. The Morgan fingerprint density at radius 1 is 1.10 bits per heavy atom. The van der Waals surface area contributed by atoms with E-state index >= 15 is 0 Å². The minimum atomic E-state index is -0.205. The Balaban J connectivity index is 1.39. The monoisotopic (exact) mass is 407 g/mol. The highest BCUT2D eigenvalue weighted by atomic mass is 32.1. The average Bonchev–Trinajstić information content (AvgIpc) is 3.27. The number of nitrogens with zero attached hydrogens (tertiary/aromatic N) is 4. The zero-order valence-corrected chi connectivity index (χ0v) is 17.3. The number of aryl methyl sites for hydroxylation is 3. The van der Waals surface area contributed by atoms with Crippen LogP contribution in [-0.4, -0.2) is 32.3 Å². The molecule has 2 heterocycles. The second-order valence-corrected chi connectivity index (χ2v) is 7.76. The summed E-state index contributed by atoms with van der Waals surface area (Å²) < 4.78 is 7.38. The predicted octanol–water partition coefficient (Wildman–Crippen LogP) is 4.05. The number of carbonyl (C=O) groups excluding carboxylic acids is 1. The number of rotatable bonds is 6. The number of fused-ring (bicyclic) bond motifs is 1. The van der Waals surface area contributed by atoms with Crippen LogP contribution in [0, 0.1) is 13.8 Å². The number of nitrogens with one attached hydrogen (secondary N) is 1. The average molecular weight is 407 g/mol. The minimum absolute atomic E-state index is 0.0406. The smallest absolute Gasteiger partial charge is 0.262 e. The number of hydrogen-bond acceptors (Lipinski definition) is 6. The van der Waals surface area contributed by atoms with Crippen molar-refractivity contribution in [3.63, 3.8) is 0 Å². The van der Waals surface area contributed by atoms with Crippen molar-refractivity contribution in [2.75, 3.05) is 11.9 Å². The fourth-order valence-electron chi connectivity index (χ4n) is 3.05. The van der Waals surface area contributed by atoms with E-state index in [1.165, 1.54) is 11.3 Å². The van der Waals surface area contributed by atoms with Gasteiger partial charge in [-0.3, -0.25) is 4.79 Å². The largest absolute Gasteiger partial charge is 0.484 e. The van der Waals surface area contributed by atoms with Gasteiger partial charge in [0, 0.05) is 17.7 Å². The highest BCUT2D eigenvalue weighted by Gasteiger charge is 2.12. The highest BCUT2D eigenvalue weighted by molar-refractivity contribution is 7.19. The van der Waals surface area contributed by atoms with E-state index in [4.69, 9.17) is 4.74 Å². The molecule has 0 saturated carbocycles. The molecule has 0 aliphatic carbocycles. The number of anilines is 1. The molecular weight excluding hydrogens is 386 g/mol. The summed E-state index contributed by atoms with van der Waals surface area (Å²) in [4.78, 5) is 13.0. The van der Waals surface area contributed by atoms with Gasteiger partial charge in [-0.1, -0.05) is 24.3 Å². The van der Waals surface area contributed by atoms with E-state index in [9.17, 15) is 4.79 Å². The van der Waals surface area contributed by atoms with Gasteiger partial charge in [0.2, 0.25) is 4.96 Å². The minimum Gasteiger partial charge on any atom is -0.484 e. The quantitative estimate of drug-likeness (QED) is 0.521. The van der Waals surface area contributed by atoms with E-state index in [2.05, 4.69) is 26.7 Å². The molecule has 1 N–H and O–H groups in total. The Labute approximate surface area is 172 Å². The summed E-state index contributed by atoms with van der Waals surface area (Å²) in [7, 11) is 0. The van der Waals surface area contributed by atoms with Crippen molar-refractivity contribution < 1.29 is 9.53 Å².